The predicted octanol–water partition coefficient (Wildman–Crippen LogP) is 6.92. The Morgan fingerprint density at radius 3 is 2.71 bits per heavy atom. The molecule has 3 heteroatoms. The molecule has 6 atom stereocenters. The van der Waals surface area contributed by atoms with Crippen LogP contribution in [0.1, 0.15) is 91.9 Å². The number of aliphatic hydroxyl groups excluding tert-OH is 2. The van der Waals surface area contributed by atoms with Gasteiger partial charge in [0.25, 0.3) is 0 Å². The highest BCUT2D eigenvalue weighted by atomic mass is 16.5. The molecule has 0 aromatic carbocycles. The monoisotopic (exact) mass is 468 g/mol. The van der Waals surface area contributed by atoms with Gasteiger partial charge in [-0.15, -0.1) is 0 Å². The zero-order chi connectivity index (χ0) is 24.5. The maximum Gasteiger partial charge on any atom is 0.0811 e. The summed E-state index contributed by atoms with van der Waals surface area (Å²) in [5, 5.41) is 20.3. The van der Waals surface area contributed by atoms with Gasteiger partial charge in [-0.2, -0.15) is 0 Å². The summed E-state index contributed by atoms with van der Waals surface area (Å²) in [5.74, 6) is 1.91. The minimum absolute atomic E-state index is 0.291. The van der Waals surface area contributed by atoms with Crippen molar-refractivity contribution < 1.29 is 14.9 Å². The lowest BCUT2D eigenvalue weighted by Crippen LogP contribution is -2.37. The molecule has 0 aromatic heterocycles. The molecule has 0 aliphatic heterocycles. The Balaban J connectivity index is 1.40. The van der Waals surface area contributed by atoms with E-state index in [4.69, 9.17) is 4.74 Å². The molecular weight excluding hydrogens is 420 g/mol. The van der Waals surface area contributed by atoms with Crippen molar-refractivity contribution in [2.45, 2.75) is 104 Å². The number of hydrogen-bond acceptors (Lipinski definition) is 3. The van der Waals surface area contributed by atoms with Crippen LogP contribution in [0.3, 0.4) is 0 Å². The summed E-state index contributed by atoms with van der Waals surface area (Å²) in [6.45, 7) is 15.4. The number of hydrogen-bond donors (Lipinski definition) is 2. The van der Waals surface area contributed by atoms with Crippen LogP contribution in [0, 0.1) is 28.6 Å². The second kappa shape index (κ2) is 10.4. The van der Waals surface area contributed by atoms with Gasteiger partial charge < -0.3 is 14.9 Å². The van der Waals surface area contributed by atoms with Crippen LogP contribution in [0.2, 0.25) is 0 Å². The summed E-state index contributed by atoms with van der Waals surface area (Å²) in [5.41, 5.74) is 5.50. The van der Waals surface area contributed by atoms with Crippen molar-refractivity contribution >= 4 is 0 Å². The van der Waals surface area contributed by atoms with Crippen molar-refractivity contribution in [1.29, 1.82) is 0 Å². The molecule has 4 aliphatic carbocycles. The highest BCUT2D eigenvalue weighted by Crippen LogP contribution is 2.59. The first-order valence-corrected chi connectivity index (χ1v) is 13.8. The Morgan fingerprint density at radius 2 is 1.94 bits per heavy atom. The van der Waals surface area contributed by atoms with Gasteiger partial charge in [-0.1, -0.05) is 58.1 Å². The summed E-state index contributed by atoms with van der Waals surface area (Å²) >= 11 is 0. The first kappa shape index (κ1) is 25.9. The van der Waals surface area contributed by atoms with Gasteiger partial charge in [0.1, 0.15) is 0 Å². The van der Waals surface area contributed by atoms with Gasteiger partial charge in [-0.25, -0.2) is 0 Å². The molecule has 3 fully saturated rings. The lowest BCUT2D eigenvalue weighted by atomic mass is 9.61. The molecule has 0 saturated heterocycles. The fourth-order valence-electron chi connectivity index (χ4n) is 7.66. The molecule has 0 heterocycles. The molecule has 0 spiro atoms. The largest absolute Gasteiger partial charge is 0.393 e. The second-order valence-corrected chi connectivity index (χ2v) is 12.7. The van der Waals surface area contributed by atoms with E-state index in [-0.39, 0.29) is 0 Å². The van der Waals surface area contributed by atoms with Crippen LogP contribution in [0.25, 0.3) is 0 Å². The lowest BCUT2D eigenvalue weighted by Gasteiger charge is -2.44. The maximum absolute atomic E-state index is 10.2. The summed E-state index contributed by atoms with van der Waals surface area (Å²) in [4.78, 5) is 0. The molecule has 0 amide bonds. The highest BCUT2D eigenvalue weighted by Gasteiger charge is 2.50. The molecular formula is C31H48O3. The lowest BCUT2D eigenvalue weighted by molar-refractivity contribution is 0.0373. The standard InChI is InChI=1S/C31H48O3/c1-21(19-34-20-25-10-6-7-15-30(25,3)4)27-13-14-28-23(9-8-16-31(27,28)5)11-12-24-17-26(32)18-29(33)22(24)2/h10-12,21,26-29,32-33H,2,6-9,13-20H2,1,3-5H3/b23-11+,24-12-/t21-,26-,27-,28+,29?,31?/m1/s1. The third kappa shape index (κ3) is 5.32. The second-order valence-electron chi connectivity index (χ2n) is 12.7. The van der Waals surface area contributed by atoms with Crippen LogP contribution in [0.15, 0.2) is 47.1 Å². The summed E-state index contributed by atoms with van der Waals surface area (Å²) in [6, 6.07) is 0. The normalized spacial score (nSPS) is 39.2. The van der Waals surface area contributed by atoms with Crippen LogP contribution in [0.4, 0.5) is 0 Å². The van der Waals surface area contributed by atoms with E-state index in [1.165, 1.54) is 56.9 Å². The average molecular weight is 469 g/mol. The van der Waals surface area contributed by atoms with Gasteiger partial charge in [-0.05, 0) is 103 Å². The molecule has 4 aliphatic rings. The SMILES string of the molecule is C=C1/C(=C\C=C2/CCCC3(C)[C@@H]([C@H](C)COCC4=CCCCC4(C)C)CC[C@@H]23)C[C@@H](O)CC1O. The minimum atomic E-state index is -0.614. The number of rotatable bonds is 6. The molecule has 3 saturated carbocycles. The van der Waals surface area contributed by atoms with Crippen molar-refractivity contribution in [2.75, 3.05) is 13.2 Å². The van der Waals surface area contributed by atoms with Crippen molar-refractivity contribution in [3.05, 3.63) is 47.1 Å². The quantitative estimate of drug-likeness (QED) is 0.416. The van der Waals surface area contributed by atoms with E-state index in [0.717, 1.165) is 24.4 Å². The number of fused-ring (bicyclic) bond motifs is 1. The summed E-state index contributed by atoms with van der Waals surface area (Å²) < 4.78 is 6.34. The van der Waals surface area contributed by atoms with E-state index >= 15 is 0 Å². The Hall–Kier alpha value is -1.16. The predicted molar refractivity (Wildman–Crippen MR) is 140 cm³/mol. The molecule has 0 bridgehead atoms. The third-order valence-electron chi connectivity index (χ3n) is 9.89. The van der Waals surface area contributed by atoms with Crippen molar-refractivity contribution in [3.63, 3.8) is 0 Å². The van der Waals surface area contributed by atoms with Gasteiger partial charge in [0, 0.05) is 13.0 Å². The van der Waals surface area contributed by atoms with Crippen molar-refractivity contribution in [1.82, 2.24) is 0 Å². The molecule has 190 valence electrons. The zero-order valence-corrected chi connectivity index (χ0v) is 22.1. The Kier molecular flexibility index (Phi) is 7.96. The number of ether oxygens (including phenoxy) is 1. The van der Waals surface area contributed by atoms with Gasteiger partial charge in [0.15, 0.2) is 0 Å². The van der Waals surface area contributed by atoms with Gasteiger partial charge >= 0.3 is 0 Å². The van der Waals surface area contributed by atoms with E-state index in [1.54, 1.807) is 5.57 Å². The van der Waals surface area contributed by atoms with Gasteiger partial charge in [-0.3, -0.25) is 0 Å². The first-order valence-electron chi connectivity index (χ1n) is 13.8. The highest BCUT2D eigenvalue weighted by molar-refractivity contribution is 5.38. The van der Waals surface area contributed by atoms with Gasteiger partial charge in [0.2, 0.25) is 0 Å². The third-order valence-corrected chi connectivity index (χ3v) is 9.89. The number of allylic oxidation sites excluding steroid dienone is 4. The fourth-order valence-corrected chi connectivity index (χ4v) is 7.66. The number of aliphatic hydroxyl groups is 2. The van der Waals surface area contributed by atoms with Crippen LogP contribution >= 0.6 is 0 Å². The van der Waals surface area contributed by atoms with Crippen LogP contribution in [-0.4, -0.2) is 35.6 Å². The molecule has 0 radical (unpaired) electrons. The topological polar surface area (TPSA) is 49.7 Å². The van der Waals surface area contributed by atoms with Gasteiger partial charge in [0.05, 0.1) is 18.8 Å². The van der Waals surface area contributed by atoms with E-state index in [0.29, 0.717) is 41.4 Å². The van der Waals surface area contributed by atoms with E-state index < -0.39 is 12.2 Å². The zero-order valence-electron chi connectivity index (χ0n) is 22.1. The first-order chi connectivity index (χ1) is 16.1. The molecule has 2 N–H and O–H groups in total. The maximum atomic E-state index is 10.2. The van der Waals surface area contributed by atoms with Crippen LogP contribution < -0.4 is 0 Å². The van der Waals surface area contributed by atoms with E-state index in [2.05, 4.69) is 52.5 Å². The Morgan fingerprint density at radius 1 is 1.15 bits per heavy atom. The van der Waals surface area contributed by atoms with Crippen LogP contribution in [-0.2, 0) is 4.74 Å². The summed E-state index contributed by atoms with van der Waals surface area (Å²) in [6.07, 6.45) is 16.9. The summed E-state index contributed by atoms with van der Waals surface area (Å²) in [7, 11) is 0. The minimum Gasteiger partial charge on any atom is -0.393 e. The van der Waals surface area contributed by atoms with Crippen molar-refractivity contribution in [2.24, 2.45) is 28.6 Å². The smallest absolute Gasteiger partial charge is 0.0811 e. The Labute approximate surface area is 208 Å². The molecule has 2 unspecified atom stereocenters. The Bertz CT molecular complexity index is 847. The average Bonchev–Trinajstić information content (AvgIpc) is 3.13. The van der Waals surface area contributed by atoms with Crippen LogP contribution in [0.5, 0.6) is 0 Å². The fraction of sp³-hybridized carbons (Fsp3) is 0.742. The van der Waals surface area contributed by atoms with E-state index in [1.807, 2.05) is 0 Å². The molecule has 4 rings (SSSR count). The molecule has 3 nitrogen and oxygen atoms in total. The van der Waals surface area contributed by atoms with Crippen molar-refractivity contribution in [3.8, 4) is 0 Å². The molecule has 0 aromatic rings. The van der Waals surface area contributed by atoms with E-state index in [9.17, 15) is 10.2 Å². The molecule has 34 heavy (non-hydrogen) atoms.